The molecule has 0 unspecified atom stereocenters. The zero-order chi connectivity index (χ0) is 9.56. The SMILES string of the molecule is C=C(C)[O-].O=C(O)c1ccon1. The third kappa shape index (κ3) is 5.04. The summed E-state index contributed by atoms with van der Waals surface area (Å²) in [5.74, 6) is -1.15. The van der Waals surface area contributed by atoms with Gasteiger partial charge in [-0.2, -0.15) is 0 Å². The molecule has 0 aliphatic rings. The monoisotopic (exact) mass is 170 g/mol. The molecule has 1 N–H and O–H groups in total. The van der Waals surface area contributed by atoms with E-state index in [9.17, 15) is 9.90 Å². The van der Waals surface area contributed by atoms with Gasteiger partial charge < -0.3 is 14.7 Å². The highest BCUT2D eigenvalue weighted by Gasteiger charge is 2.02. The number of aromatic carboxylic acids is 1. The highest BCUT2D eigenvalue weighted by atomic mass is 16.5. The Bertz CT molecular complexity index is 248. The van der Waals surface area contributed by atoms with Crippen LogP contribution in [0.25, 0.3) is 0 Å². The van der Waals surface area contributed by atoms with Crippen LogP contribution in [-0.2, 0) is 0 Å². The molecule has 0 aliphatic carbocycles. The van der Waals surface area contributed by atoms with Gasteiger partial charge in [-0.15, -0.1) is 12.3 Å². The van der Waals surface area contributed by atoms with Crippen LogP contribution in [0.5, 0.6) is 0 Å². The van der Waals surface area contributed by atoms with E-state index in [4.69, 9.17) is 5.11 Å². The van der Waals surface area contributed by atoms with Crippen LogP contribution in [0.15, 0.2) is 29.2 Å². The molecule has 66 valence electrons. The second-order valence-corrected chi connectivity index (χ2v) is 1.89. The van der Waals surface area contributed by atoms with Crippen molar-refractivity contribution in [2.45, 2.75) is 6.92 Å². The zero-order valence-corrected chi connectivity index (χ0v) is 6.48. The van der Waals surface area contributed by atoms with Gasteiger partial charge in [0.25, 0.3) is 0 Å². The molecule has 12 heavy (non-hydrogen) atoms. The molecule has 0 radical (unpaired) electrons. The number of aromatic nitrogens is 1. The summed E-state index contributed by atoms with van der Waals surface area (Å²) >= 11 is 0. The number of nitrogens with zero attached hydrogens (tertiary/aromatic N) is 1. The van der Waals surface area contributed by atoms with Crippen molar-refractivity contribution in [3.05, 3.63) is 30.4 Å². The fourth-order valence-corrected chi connectivity index (χ4v) is 0.323. The van der Waals surface area contributed by atoms with Gasteiger partial charge in [-0.25, -0.2) is 4.79 Å². The molecule has 0 spiro atoms. The average Bonchev–Trinajstić information content (AvgIpc) is 2.34. The number of carboxylic acids is 1. The molecule has 0 bridgehead atoms. The van der Waals surface area contributed by atoms with Gasteiger partial charge in [0.15, 0.2) is 5.69 Å². The van der Waals surface area contributed by atoms with Crippen LogP contribution in [0.4, 0.5) is 0 Å². The second kappa shape index (κ2) is 4.95. The fourth-order valence-electron chi connectivity index (χ4n) is 0.323. The summed E-state index contributed by atoms with van der Waals surface area (Å²) in [6.07, 6.45) is 1.21. The standard InChI is InChI=1S/C4H3NO3.C3H6O/c6-4(7)3-1-2-8-5-3;1-3(2)4/h1-2H,(H,6,7);4H,1H2,2H3/p-1. The van der Waals surface area contributed by atoms with Crippen molar-refractivity contribution in [2.75, 3.05) is 0 Å². The van der Waals surface area contributed by atoms with Crippen LogP contribution < -0.4 is 5.11 Å². The molecule has 0 aromatic carbocycles. The van der Waals surface area contributed by atoms with E-state index in [0.717, 1.165) is 0 Å². The summed E-state index contributed by atoms with van der Waals surface area (Å²) < 4.78 is 4.24. The summed E-state index contributed by atoms with van der Waals surface area (Å²) in [7, 11) is 0. The Hall–Kier alpha value is -1.78. The maximum atomic E-state index is 9.94. The zero-order valence-electron chi connectivity index (χ0n) is 6.48. The number of rotatable bonds is 1. The summed E-state index contributed by atoms with van der Waals surface area (Å²) in [4.78, 5) is 9.94. The molecule has 1 heterocycles. The molecular weight excluding hydrogens is 162 g/mol. The van der Waals surface area contributed by atoms with Gasteiger partial charge in [0.05, 0.1) is 0 Å². The van der Waals surface area contributed by atoms with Crippen LogP contribution in [-0.4, -0.2) is 16.2 Å². The molecule has 5 heteroatoms. The number of hydrogen-bond donors (Lipinski definition) is 1. The van der Waals surface area contributed by atoms with Gasteiger partial charge in [-0.05, 0) is 0 Å². The minimum Gasteiger partial charge on any atom is -0.876 e. The van der Waals surface area contributed by atoms with Crippen molar-refractivity contribution >= 4 is 5.97 Å². The highest BCUT2D eigenvalue weighted by Crippen LogP contribution is 1.91. The van der Waals surface area contributed by atoms with Crippen LogP contribution in [0.3, 0.4) is 0 Å². The Morgan fingerprint density at radius 3 is 2.50 bits per heavy atom. The van der Waals surface area contributed by atoms with E-state index in [1.54, 1.807) is 0 Å². The molecule has 0 saturated carbocycles. The Morgan fingerprint density at radius 2 is 2.33 bits per heavy atom. The molecule has 0 fully saturated rings. The summed E-state index contributed by atoms with van der Waals surface area (Å²) in [5, 5.41) is 20.6. The third-order valence-electron chi connectivity index (χ3n) is 0.657. The maximum Gasteiger partial charge on any atom is 0.358 e. The lowest BCUT2D eigenvalue weighted by molar-refractivity contribution is -0.300. The van der Waals surface area contributed by atoms with Crippen molar-refractivity contribution in [3.8, 4) is 0 Å². The predicted octanol–water partition coefficient (Wildman–Crippen LogP) is 0.253. The topological polar surface area (TPSA) is 86.4 Å². The lowest BCUT2D eigenvalue weighted by Crippen LogP contribution is -1.94. The van der Waals surface area contributed by atoms with E-state index >= 15 is 0 Å². The lowest BCUT2D eigenvalue weighted by atomic mass is 10.5. The van der Waals surface area contributed by atoms with Crippen molar-refractivity contribution in [2.24, 2.45) is 0 Å². The molecule has 1 aromatic heterocycles. The minimum atomic E-state index is -1.07. The number of hydrogen-bond acceptors (Lipinski definition) is 4. The van der Waals surface area contributed by atoms with E-state index in [2.05, 4.69) is 16.3 Å². The summed E-state index contributed by atoms with van der Waals surface area (Å²) in [5.41, 5.74) is -0.0648. The third-order valence-corrected chi connectivity index (χ3v) is 0.657. The van der Waals surface area contributed by atoms with E-state index in [1.807, 2.05) is 0 Å². The van der Waals surface area contributed by atoms with Crippen LogP contribution in [0.1, 0.15) is 17.4 Å². The minimum absolute atomic E-state index is 0.0648. The maximum absolute atomic E-state index is 9.94. The first-order valence-electron chi connectivity index (χ1n) is 3.00. The van der Waals surface area contributed by atoms with Crippen LogP contribution in [0, 0.1) is 0 Å². The average molecular weight is 170 g/mol. The van der Waals surface area contributed by atoms with Crippen LogP contribution in [0.2, 0.25) is 0 Å². The first kappa shape index (κ1) is 10.2. The molecule has 0 amide bonds. The van der Waals surface area contributed by atoms with E-state index in [-0.39, 0.29) is 11.5 Å². The number of carbonyl (C=O) groups is 1. The van der Waals surface area contributed by atoms with E-state index < -0.39 is 5.97 Å². The van der Waals surface area contributed by atoms with Gasteiger partial charge in [0.1, 0.15) is 6.26 Å². The molecule has 1 rings (SSSR count). The fraction of sp³-hybridized carbons (Fsp3) is 0.143. The van der Waals surface area contributed by atoms with Crippen molar-refractivity contribution in [1.82, 2.24) is 5.16 Å². The Balaban J connectivity index is 0.000000261. The van der Waals surface area contributed by atoms with Gasteiger partial charge in [-0.3, -0.25) is 0 Å². The van der Waals surface area contributed by atoms with E-state index in [0.29, 0.717) is 0 Å². The molecule has 5 nitrogen and oxygen atoms in total. The number of allylic oxidation sites excluding steroid dienone is 1. The largest absolute Gasteiger partial charge is 0.876 e. The molecule has 0 saturated heterocycles. The highest BCUT2D eigenvalue weighted by molar-refractivity contribution is 5.84. The first-order valence-corrected chi connectivity index (χ1v) is 3.00. The first-order chi connectivity index (χ1) is 5.54. The van der Waals surface area contributed by atoms with Gasteiger partial charge in [0, 0.05) is 6.07 Å². The van der Waals surface area contributed by atoms with Gasteiger partial charge in [0.2, 0.25) is 0 Å². The normalized spacial score (nSPS) is 8.08. The van der Waals surface area contributed by atoms with Crippen molar-refractivity contribution < 1.29 is 19.5 Å². The van der Waals surface area contributed by atoms with Crippen LogP contribution >= 0.6 is 0 Å². The number of carboxylic acid groups (broad SMARTS) is 1. The Morgan fingerprint density at radius 1 is 1.83 bits per heavy atom. The quantitative estimate of drug-likeness (QED) is 0.610. The van der Waals surface area contributed by atoms with Crippen molar-refractivity contribution in [1.29, 1.82) is 0 Å². The summed E-state index contributed by atoms with van der Waals surface area (Å²) in [6.45, 7) is 4.42. The predicted molar refractivity (Wildman–Crippen MR) is 38.3 cm³/mol. The Kier molecular flexibility index (Phi) is 4.21. The smallest absolute Gasteiger partial charge is 0.358 e. The molecule has 0 atom stereocenters. The molecule has 1 aromatic rings. The van der Waals surface area contributed by atoms with E-state index in [1.165, 1.54) is 19.3 Å². The van der Waals surface area contributed by atoms with Gasteiger partial charge >= 0.3 is 5.97 Å². The second-order valence-electron chi connectivity index (χ2n) is 1.89. The lowest BCUT2D eigenvalue weighted by Gasteiger charge is -1.92. The Labute approximate surface area is 68.9 Å². The molecular formula is C7H8NO4-. The molecule has 0 aliphatic heterocycles. The van der Waals surface area contributed by atoms with Crippen molar-refractivity contribution in [3.63, 3.8) is 0 Å². The summed E-state index contributed by atoms with van der Waals surface area (Å²) in [6, 6.07) is 1.28. The van der Waals surface area contributed by atoms with Gasteiger partial charge in [-0.1, -0.05) is 12.1 Å².